The second-order valence-corrected chi connectivity index (χ2v) is 21.0. The first-order valence-electron chi connectivity index (χ1n) is 19.2. The predicted octanol–water partition coefficient (Wildman–Crippen LogP) is 12.8. The predicted molar refractivity (Wildman–Crippen MR) is 236 cm³/mol. The Kier molecular flexibility index (Phi) is 6.33. The molecule has 4 heteroatoms. The molecule has 0 fully saturated rings. The summed E-state index contributed by atoms with van der Waals surface area (Å²) in [7, 11) is -2.30. The van der Waals surface area contributed by atoms with E-state index in [1.807, 2.05) is 11.3 Å². The molecule has 3 aliphatic rings. The molecule has 12 rings (SSSR count). The van der Waals surface area contributed by atoms with E-state index in [4.69, 9.17) is 0 Å². The van der Waals surface area contributed by atoms with Crippen LogP contribution in [0.15, 0.2) is 182 Å². The fraction of sp³-hybridized carbons (Fsp3) is 0.0588. The third-order valence-electron chi connectivity index (χ3n) is 12.6. The molecule has 0 atom stereocenters. The summed E-state index contributed by atoms with van der Waals surface area (Å²) in [5.74, 6) is 0. The minimum Gasteiger partial charge on any atom is -0.316 e. The van der Waals surface area contributed by atoms with Gasteiger partial charge in [-0.25, -0.2) is 0 Å². The van der Waals surface area contributed by atoms with Crippen LogP contribution in [0.25, 0.3) is 31.3 Å². The fourth-order valence-corrected chi connectivity index (χ4v) is 14.9. The number of nitrogens with zero attached hydrogens (tertiary/aromatic N) is 2. The lowest BCUT2D eigenvalue weighted by Crippen LogP contribution is -2.59. The van der Waals surface area contributed by atoms with Crippen LogP contribution in [0.4, 0.5) is 34.1 Å². The molecule has 0 unspecified atom stereocenters. The Labute approximate surface area is 326 Å². The molecule has 9 aromatic rings. The minimum absolute atomic E-state index is 0.486. The highest BCUT2D eigenvalue weighted by molar-refractivity contribution is 7.25. The lowest BCUT2D eigenvalue weighted by molar-refractivity contribution is 0.753. The van der Waals surface area contributed by atoms with Crippen molar-refractivity contribution in [3.8, 4) is 11.1 Å². The van der Waals surface area contributed by atoms with Crippen LogP contribution in [-0.4, -0.2) is 8.07 Å². The smallest absolute Gasteiger partial charge is 0.0753 e. The zero-order valence-corrected chi connectivity index (χ0v) is 32.4. The maximum absolute atomic E-state index is 2.57. The Morgan fingerprint density at radius 3 is 1.82 bits per heavy atom. The molecular formula is C51H36N2SSi-. The van der Waals surface area contributed by atoms with Gasteiger partial charge in [0.2, 0.25) is 0 Å². The Morgan fingerprint density at radius 1 is 0.436 bits per heavy atom. The van der Waals surface area contributed by atoms with Crippen molar-refractivity contribution in [2.24, 2.45) is 0 Å². The molecule has 2 aliphatic heterocycles. The van der Waals surface area contributed by atoms with E-state index in [-0.39, 0.29) is 0 Å². The molecule has 3 heterocycles. The van der Waals surface area contributed by atoms with Gasteiger partial charge in [-0.15, -0.1) is 16.5 Å². The fourth-order valence-electron chi connectivity index (χ4n) is 10.5. The van der Waals surface area contributed by atoms with Gasteiger partial charge in [-0.2, -0.15) is 18.3 Å². The van der Waals surface area contributed by atoms with E-state index >= 15 is 0 Å². The van der Waals surface area contributed by atoms with Crippen LogP contribution in [0.3, 0.4) is 0 Å². The van der Waals surface area contributed by atoms with Crippen LogP contribution in [0.5, 0.6) is 0 Å². The van der Waals surface area contributed by atoms with E-state index in [0.717, 1.165) is 0 Å². The van der Waals surface area contributed by atoms with Gasteiger partial charge in [0.05, 0.1) is 16.8 Å². The largest absolute Gasteiger partial charge is 0.316 e. The van der Waals surface area contributed by atoms with Crippen molar-refractivity contribution in [3.05, 3.63) is 204 Å². The van der Waals surface area contributed by atoms with E-state index < -0.39 is 13.5 Å². The molecular weight excluding hydrogens is 701 g/mol. The minimum atomic E-state index is -2.30. The van der Waals surface area contributed by atoms with Gasteiger partial charge in [0.15, 0.2) is 0 Å². The topological polar surface area (TPSA) is 6.48 Å². The Bertz CT molecular complexity index is 3000. The number of hydrogen-bond donors (Lipinski definition) is 0. The number of benzene rings is 8. The van der Waals surface area contributed by atoms with E-state index in [9.17, 15) is 0 Å². The first-order valence-corrected chi connectivity index (χ1v) is 23.0. The van der Waals surface area contributed by atoms with Crippen LogP contribution in [0.2, 0.25) is 13.1 Å². The highest BCUT2D eigenvalue weighted by Crippen LogP contribution is 2.64. The van der Waals surface area contributed by atoms with Crippen molar-refractivity contribution < 1.29 is 0 Å². The van der Waals surface area contributed by atoms with Gasteiger partial charge >= 0.3 is 0 Å². The molecule has 0 bridgehead atoms. The molecule has 1 spiro atoms. The van der Waals surface area contributed by atoms with Gasteiger partial charge in [-0.1, -0.05) is 129 Å². The van der Waals surface area contributed by atoms with Crippen molar-refractivity contribution in [1.82, 2.24) is 0 Å². The Balaban J connectivity index is 1.18. The van der Waals surface area contributed by atoms with Crippen LogP contribution in [0, 0.1) is 0 Å². The molecule has 8 aromatic carbocycles. The number of para-hydroxylation sites is 4. The van der Waals surface area contributed by atoms with E-state index in [1.54, 1.807) is 0 Å². The zero-order chi connectivity index (χ0) is 36.5. The average Bonchev–Trinajstić information content (AvgIpc) is 3.75. The second-order valence-electron chi connectivity index (χ2n) is 15.6. The maximum atomic E-state index is 2.57. The molecule has 1 aliphatic carbocycles. The molecule has 0 radical (unpaired) electrons. The zero-order valence-electron chi connectivity index (χ0n) is 30.6. The summed E-state index contributed by atoms with van der Waals surface area (Å²) < 4.78 is 2.66. The van der Waals surface area contributed by atoms with Gasteiger partial charge in [0.25, 0.3) is 0 Å². The summed E-state index contributed by atoms with van der Waals surface area (Å²) in [6.07, 6.45) is 0. The van der Waals surface area contributed by atoms with Crippen LogP contribution in [0.1, 0.15) is 22.3 Å². The van der Waals surface area contributed by atoms with Gasteiger partial charge in [0.1, 0.15) is 0 Å². The van der Waals surface area contributed by atoms with Crippen LogP contribution < -0.4 is 20.2 Å². The second kappa shape index (κ2) is 11.2. The quantitative estimate of drug-likeness (QED) is 0.163. The van der Waals surface area contributed by atoms with Crippen molar-refractivity contribution >= 4 is 84.1 Å². The normalized spacial score (nSPS) is 15.3. The summed E-state index contributed by atoms with van der Waals surface area (Å²) in [6.45, 7) is 5.15. The highest BCUT2D eigenvalue weighted by Gasteiger charge is 2.52. The SMILES string of the molecule is C[Si-]1(C)c2ccccc2N(c2ccc3sc4ccccc4c3c2)c2ccc3c(c21)-c1ccccc1C31c2ccccc2N(c2ccccc2)c2ccccc21. The van der Waals surface area contributed by atoms with E-state index in [1.165, 1.54) is 98.1 Å². The number of thiophene rings is 1. The maximum Gasteiger partial charge on any atom is 0.0753 e. The molecule has 261 valence electrons. The number of anilines is 6. The lowest BCUT2D eigenvalue weighted by atomic mass is 9.64. The first-order chi connectivity index (χ1) is 27.1. The van der Waals surface area contributed by atoms with Crippen molar-refractivity contribution in [1.29, 1.82) is 0 Å². The summed E-state index contributed by atoms with van der Waals surface area (Å²) in [5.41, 5.74) is 15.1. The third kappa shape index (κ3) is 3.98. The van der Waals surface area contributed by atoms with Crippen molar-refractivity contribution in [2.75, 3.05) is 9.80 Å². The summed E-state index contributed by atoms with van der Waals surface area (Å²) in [4.78, 5) is 5.04. The molecule has 0 saturated carbocycles. The highest BCUT2D eigenvalue weighted by atomic mass is 32.1. The molecule has 1 aromatic heterocycles. The summed E-state index contributed by atoms with van der Waals surface area (Å²) >= 11 is 1.88. The Hall–Kier alpha value is -6.20. The third-order valence-corrected chi connectivity index (χ3v) is 17.3. The molecule has 2 nitrogen and oxygen atoms in total. The van der Waals surface area contributed by atoms with Gasteiger partial charge in [-0.05, 0) is 94.0 Å². The Morgan fingerprint density at radius 2 is 1.04 bits per heavy atom. The van der Waals surface area contributed by atoms with Crippen molar-refractivity contribution in [2.45, 2.75) is 18.5 Å². The summed E-state index contributed by atoms with van der Waals surface area (Å²) in [6, 6.07) is 68.6. The van der Waals surface area contributed by atoms with E-state index in [0.29, 0.717) is 0 Å². The number of rotatable bonds is 2. The monoisotopic (exact) mass is 736 g/mol. The number of hydrogen-bond acceptors (Lipinski definition) is 3. The van der Waals surface area contributed by atoms with E-state index in [2.05, 4.69) is 205 Å². The first kappa shape index (κ1) is 31.2. The standard InChI is InChI=1S/C51H36N2SSi/c1-55(2)48-27-15-13-25-44(48)53(34-28-31-47-37(32-34)35-18-7-14-26-46(35)54-47)45-30-29-41-49(50(45)55)36-19-6-8-20-38(36)51(41)39-21-9-11-23-42(39)52(33-16-4-3-5-17-33)43-24-12-10-22-40(43)51/h3-32H,1-2H3/q-1. The summed E-state index contributed by atoms with van der Waals surface area (Å²) in [5, 5.41) is 5.64. The molecule has 0 amide bonds. The van der Waals surface area contributed by atoms with Crippen LogP contribution in [-0.2, 0) is 5.41 Å². The van der Waals surface area contributed by atoms with Gasteiger partial charge < -0.3 is 9.80 Å². The molecule has 0 saturated heterocycles. The average molecular weight is 737 g/mol. The van der Waals surface area contributed by atoms with Crippen LogP contribution >= 0.6 is 11.3 Å². The molecule has 0 N–H and O–H groups in total. The lowest BCUT2D eigenvalue weighted by Gasteiger charge is -2.51. The van der Waals surface area contributed by atoms with Gasteiger partial charge in [-0.3, -0.25) is 0 Å². The van der Waals surface area contributed by atoms with Gasteiger partial charge in [0, 0.05) is 42.9 Å². The molecule has 55 heavy (non-hydrogen) atoms. The number of fused-ring (bicyclic) bond motifs is 15. The van der Waals surface area contributed by atoms with Crippen molar-refractivity contribution in [3.63, 3.8) is 0 Å².